The van der Waals surface area contributed by atoms with Crippen molar-refractivity contribution in [1.29, 1.82) is 0 Å². The molecule has 0 radical (unpaired) electrons. The minimum Gasteiger partial charge on any atom is -0.497 e. The molecule has 4 heteroatoms. The fraction of sp³-hybridized carbons (Fsp3) is 0.647. The third kappa shape index (κ3) is 3.69. The minimum atomic E-state index is 0.957. The molecule has 116 valence electrons. The van der Waals surface area contributed by atoms with Gasteiger partial charge in [-0.25, -0.2) is 0 Å². The Morgan fingerprint density at radius 1 is 1.10 bits per heavy atom. The van der Waals surface area contributed by atoms with Crippen molar-refractivity contribution in [3.05, 3.63) is 23.8 Å². The summed E-state index contributed by atoms with van der Waals surface area (Å²) < 4.78 is 5.41. The topological polar surface area (TPSA) is 27.7 Å². The quantitative estimate of drug-likeness (QED) is 0.918. The van der Waals surface area contributed by atoms with Gasteiger partial charge < -0.3 is 19.9 Å². The van der Waals surface area contributed by atoms with Crippen LogP contribution in [0.1, 0.15) is 24.8 Å². The molecule has 0 amide bonds. The molecular weight excluding hydrogens is 262 g/mol. The number of rotatable bonds is 4. The molecule has 1 saturated heterocycles. The number of anilines is 1. The third-order valence-corrected chi connectivity index (χ3v) is 4.64. The average Bonchev–Trinajstić information content (AvgIpc) is 2.75. The largest absolute Gasteiger partial charge is 0.497 e. The summed E-state index contributed by atoms with van der Waals surface area (Å²) in [5.74, 6) is 0.957. The molecule has 0 atom stereocenters. The molecule has 2 aliphatic rings. The van der Waals surface area contributed by atoms with Gasteiger partial charge in [-0.1, -0.05) is 12.5 Å². The smallest absolute Gasteiger partial charge is 0.120 e. The maximum absolute atomic E-state index is 5.41. The van der Waals surface area contributed by atoms with Crippen molar-refractivity contribution >= 4 is 5.69 Å². The number of likely N-dealkylation sites (tertiary alicyclic amines) is 1. The van der Waals surface area contributed by atoms with Gasteiger partial charge in [-0.2, -0.15) is 0 Å². The van der Waals surface area contributed by atoms with Crippen LogP contribution in [-0.4, -0.2) is 51.3 Å². The molecular formula is C17H27N3O. The fourth-order valence-corrected chi connectivity index (χ4v) is 3.35. The second-order valence-electron chi connectivity index (χ2n) is 6.06. The van der Waals surface area contributed by atoms with Gasteiger partial charge in [0.05, 0.1) is 7.11 Å². The van der Waals surface area contributed by atoms with Crippen LogP contribution in [0.2, 0.25) is 0 Å². The second-order valence-corrected chi connectivity index (χ2v) is 6.06. The van der Waals surface area contributed by atoms with Crippen LogP contribution in [0.3, 0.4) is 0 Å². The molecule has 2 heterocycles. The number of ether oxygens (including phenoxy) is 1. The van der Waals surface area contributed by atoms with Crippen molar-refractivity contribution in [2.24, 2.45) is 0 Å². The van der Waals surface area contributed by atoms with Crippen LogP contribution in [-0.2, 0) is 6.54 Å². The van der Waals surface area contributed by atoms with Gasteiger partial charge in [0.2, 0.25) is 0 Å². The highest BCUT2D eigenvalue weighted by Crippen LogP contribution is 2.27. The lowest BCUT2D eigenvalue weighted by atomic mass is 10.1. The monoisotopic (exact) mass is 289 g/mol. The molecule has 0 unspecified atom stereocenters. The van der Waals surface area contributed by atoms with Crippen LogP contribution in [0.4, 0.5) is 5.69 Å². The van der Waals surface area contributed by atoms with Crippen LogP contribution in [0.25, 0.3) is 0 Å². The molecule has 1 aromatic carbocycles. The normalized spacial score (nSPS) is 20.0. The summed E-state index contributed by atoms with van der Waals surface area (Å²) in [5.41, 5.74) is 2.73. The minimum absolute atomic E-state index is 0.957. The molecule has 1 fully saturated rings. The third-order valence-electron chi connectivity index (χ3n) is 4.64. The highest BCUT2D eigenvalue weighted by Gasteiger charge is 2.17. The molecule has 21 heavy (non-hydrogen) atoms. The first-order valence-electron chi connectivity index (χ1n) is 8.22. The molecule has 2 aliphatic heterocycles. The van der Waals surface area contributed by atoms with E-state index in [1.807, 2.05) is 0 Å². The van der Waals surface area contributed by atoms with E-state index in [2.05, 4.69) is 33.3 Å². The number of hydrogen-bond donors (Lipinski definition) is 1. The maximum Gasteiger partial charge on any atom is 0.120 e. The number of nitrogens with zero attached hydrogens (tertiary/aromatic N) is 2. The van der Waals surface area contributed by atoms with Gasteiger partial charge >= 0.3 is 0 Å². The lowest BCUT2D eigenvalue weighted by Crippen LogP contribution is -2.39. The zero-order chi connectivity index (χ0) is 14.5. The van der Waals surface area contributed by atoms with Crippen LogP contribution in [0, 0.1) is 0 Å². The van der Waals surface area contributed by atoms with Gasteiger partial charge in [-0.15, -0.1) is 0 Å². The average molecular weight is 289 g/mol. The van der Waals surface area contributed by atoms with Crippen molar-refractivity contribution in [1.82, 2.24) is 10.2 Å². The van der Waals surface area contributed by atoms with Crippen LogP contribution in [0.15, 0.2) is 18.2 Å². The molecule has 0 aliphatic carbocycles. The summed E-state index contributed by atoms with van der Waals surface area (Å²) in [6.07, 6.45) is 4.14. The fourth-order valence-electron chi connectivity index (χ4n) is 3.35. The predicted molar refractivity (Wildman–Crippen MR) is 87.2 cm³/mol. The Morgan fingerprint density at radius 3 is 2.76 bits per heavy atom. The second kappa shape index (κ2) is 7.14. The van der Waals surface area contributed by atoms with Gasteiger partial charge in [0.15, 0.2) is 0 Å². The number of methoxy groups -OCH3 is 1. The van der Waals surface area contributed by atoms with E-state index in [-0.39, 0.29) is 0 Å². The van der Waals surface area contributed by atoms with Gasteiger partial charge in [0.1, 0.15) is 5.75 Å². The summed E-state index contributed by atoms with van der Waals surface area (Å²) in [6.45, 7) is 7.93. The van der Waals surface area contributed by atoms with E-state index in [1.54, 1.807) is 7.11 Å². The van der Waals surface area contributed by atoms with E-state index in [0.29, 0.717) is 0 Å². The van der Waals surface area contributed by atoms with E-state index in [4.69, 9.17) is 4.74 Å². The molecule has 1 N–H and O–H groups in total. The summed E-state index contributed by atoms with van der Waals surface area (Å²) in [6, 6.07) is 6.45. The zero-order valence-electron chi connectivity index (χ0n) is 13.1. The van der Waals surface area contributed by atoms with Gasteiger partial charge in [-0.05, 0) is 37.6 Å². The molecule has 0 bridgehead atoms. The molecule has 0 saturated carbocycles. The summed E-state index contributed by atoms with van der Waals surface area (Å²) in [5, 5.41) is 3.51. The van der Waals surface area contributed by atoms with Crippen molar-refractivity contribution in [2.75, 3.05) is 51.3 Å². The number of nitrogens with one attached hydrogen (secondary N) is 1. The van der Waals surface area contributed by atoms with Gasteiger partial charge in [0, 0.05) is 44.5 Å². The highest BCUT2D eigenvalue weighted by molar-refractivity contribution is 5.58. The zero-order valence-corrected chi connectivity index (χ0v) is 13.1. The van der Waals surface area contributed by atoms with E-state index in [0.717, 1.165) is 31.9 Å². The number of piperidine rings is 1. The molecule has 4 nitrogen and oxygen atoms in total. The first-order valence-corrected chi connectivity index (χ1v) is 8.22. The number of hydrogen-bond acceptors (Lipinski definition) is 4. The van der Waals surface area contributed by atoms with E-state index in [1.165, 1.54) is 50.1 Å². The maximum atomic E-state index is 5.41. The summed E-state index contributed by atoms with van der Waals surface area (Å²) in [4.78, 5) is 5.13. The molecule has 0 spiro atoms. The van der Waals surface area contributed by atoms with Crippen LogP contribution < -0.4 is 15.0 Å². The van der Waals surface area contributed by atoms with Crippen molar-refractivity contribution < 1.29 is 4.74 Å². The van der Waals surface area contributed by atoms with Crippen LogP contribution >= 0.6 is 0 Å². The summed E-state index contributed by atoms with van der Waals surface area (Å²) >= 11 is 0. The Hall–Kier alpha value is -1.26. The Balaban J connectivity index is 1.69. The van der Waals surface area contributed by atoms with E-state index in [9.17, 15) is 0 Å². The molecule has 0 aromatic heterocycles. The Morgan fingerprint density at radius 2 is 1.95 bits per heavy atom. The standard InChI is InChI=1S/C17H27N3O/c1-21-16-6-5-15-14-18-7-10-20(17(15)13-16)12-11-19-8-3-2-4-9-19/h5-6,13,18H,2-4,7-12,14H2,1H3. The van der Waals surface area contributed by atoms with Gasteiger partial charge in [-0.3, -0.25) is 0 Å². The lowest BCUT2D eigenvalue weighted by Gasteiger charge is -2.31. The van der Waals surface area contributed by atoms with Crippen LogP contribution in [0.5, 0.6) is 5.75 Å². The van der Waals surface area contributed by atoms with Gasteiger partial charge in [0.25, 0.3) is 0 Å². The van der Waals surface area contributed by atoms with E-state index >= 15 is 0 Å². The Kier molecular flexibility index (Phi) is 4.99. The highest BCUT2D eigenvalue weighted by atomic mass is 16.5. The van der Waals surface area contributed by atoms with Crippen molar-refractivity contribution in [3.63, 3.8) is 0 Å². The Labute approximate surface area is 128 Å². The van der Waals surface area contributed by atoms with Crippen molar-refractivity contribution in [3.8, 4) is 5.75 Å². The summed E-state index contributed by atoms with van der Waals surface area (Å²) in [7, 11) is 1.74. The van der Waals surface area contributed by atoms with Crippen molar-refractivity contribution in [2.45, 2.75) is 25.8 Å². The first-order chi connectivity index (χ1) is 10.4. The first kappa shape index (κ1) is 14.7. The molecule has 1 aromatic rings. The number of fused-ring (bicyclic) bond motifs is 1. The van der Waals surface area contributed by atoms with E-state index < -0.39 is 0 Å². The Bertz CT molecular complexity index is 457. The lowest BCUT2D eigenvalue weighted by molar-refractivity contribution is 0.233. The SMILES string of the molecule is COc1ccc2c(c1)N(CCN1CCCCC1)CCNC2. The number of benzene rings is 1. The predicted octanol–water partition coefficient (Wildman–Crippen LogP) is 2.09. The molecule has 3 rings (SSSR count).